The predicted octanol–water partition coefficient (Wildman–Crippen LogP) is 3.46. The molecule has 2 aromatic carbocycles. The van der Waals surface area contributed by atoms with Crippen molar-refractivity contribution in [3.8, 4) is 0 Å². The third kappa shape index (κ3) is 4.19. The lowest BCUT2D eigenvalue weighted by atomic mass is 10.00. The summed E-state index contributed by atoms with van der Waals surface area (Å²) in [7, 11) is 0. The molecule has 0 radical (unpaired) electrons. The number of hydrogen-bond donors (Lipinski definition) is 1. The normalized spacial score (nSPS) is 23.8. The molecule has 6 rings (SSSR count). The lowest BCUT2D eigenvalue weighted by Crippen LogP contribution is -2.46. The van der Waals surface area contributed by atoms with Gasteiger partial charge >= 0.3 is 5.97 Å². The molecule has 0 spiro atoms. The lowest BCUT2D eigenvalue weighted by molar-refractivity contribution is -0.187. The average molecular weight is 515 g/mol. The van der Waals surface area contributed by atoms with E-state index in [0.29, 0.717) is 17.8 Å². The van der Waals surface area contributed by atoms with Crippen LogP contribution >= 0.6 is 0 Å². The van der Waals surface area contributed by atoms with Gasteiger partial charge in [-0.25, -0.2) is 14.8 Å². The van der Waals surface area contributed by atoms with Gasteiger partial charge in [0.05, 0.1) is 25.1 Å². The number of hydrogen-bond acceptors (Lipinski definition) is 10. The SMILES string of the molecule is [N-]=[N+]=Nc1nc(N)nc2c1ncn2[C@@H]1O[C@@]2(COC(=O)c3ccccc3)CO[C@@H]1[C@@H]2OCc1ccccc1. The van der Waals surface area contributed by atoms with E-state index in [-0.39, 0.29) is 30.5 Å². The number of nitrogens with two attached hydrogens (primary N) is 1. The summed E-state index contributed by atoms with van der Waals surface area (Å²) in [5.74, 6) is -0.569. The third-order valence-electron chi connectivity index (χ3n) is 6.54. The number of aromatic nitrogens is 4. The summed E-state index contributed by atoms with van der Waals surface area (Å²) in [6.07, 6.45) is -0.407. The maximum atomic E-state index is 12.7. The zero-order valence-corrected chi connectivity index (χ0v) is 20.0. The van der Waals surface area contributed by atoms with Crippen molar-refractivity contribution in [2.75, 3.05) is 18.9 Å². The number of anilines is 1. The van der Waals surface area contributed by atoms with Crippen LogP contribution in [0.2, 0.25) is 0 Å². The van der Waals surface area contributed by atoms with Crippen LogP contribution in [0.25, 0.3) is 21.6 Å². The first-order valence-corrected chi connectivity index (χ1v) is 11.8. The number of fused-ring (bicyclic) bond motifs is 3. The van der Waals surface area contributed by atoms with Crippen LogP contribution in [0.3, 0.4) is 0 Å². The average Bonchev–Trinajstić information content (AvgIpc) is 3.61. The Morgan fingerprint density at radius 1 is 1.18 bits per heavy atom. The van der Waals surface area contributed by atoms with E-state index in [1.165, 1.54) is 6.33 Å². The monoisotopic (exact) mass is 514 g/mol. The minimum Gasteiger partial charge on any atom is -0.459 e. The number of azide groups is 1. The highest BCUT2D eigenvalue weighted by Gasteiger charge is 2.64. The molecule has 0 saturated carbocycles. The molecule has 2 aromatic heterocycles. The highest BCUT2D eigenvalue weighted by molar-refractivity contribution is 5.89. The van der Waals surface area contributed by atoms with Crippen molar-refractivity contribution in [1.82, 2.24) is 19.5 Å². The van der Waals surface area contributed by atoms with Crippen molar-refractivity contribution in [3.05, 3.63) is 88.6 Å². The first kappa shape index (κ1) is 23.8. The number of nitrogen functional groups attached to an aromatic ring is 1. The van der Waals surface area contributed by atoms with Gasteiger partial charge in [-0.05, 0) is 28.3 Å². The fourth-order valence-electron chi connectivity index (χ4n) is 4.79. The molecule has 2 N–H and O–H groups in total. The van der Waals surface area contributed by atoms with E-state index in [1.807, 2.05) is 36.4 Å². The molecule has 2 aliphatic heterocycles. The van der Waals surface area contributed by atoms with Gasteiger partial charge in [-0.2, -0.15) is 4.98 Å². The molecule has 4 aromatic rings. The topological polar surface area (TPSA) is 172 Å². The van der Waals surface area contributed by atoms with Gasteiger partial charge in [0.1, 0.15) is 24.3 Å². The summed E-state index contributed by atoms with van der Waals surface area (Å²) < 4.78 is 26.3. The summed E-state index contributed by atoms with van der Waals surface area (Å²) in [6, 6.07) is 18.4. The number of carbonyl (C=O) groups is 1. The highest BCUT2D eigenvalue weighted by atomic mass is 16.7. The molecule has 0 unspecified atom stereocenters. The van der Waals surface area contributed by atoms with Crippen LogP contribution in [0.1, 0.15) is 22.1 Å². The molecule has 0 amide bonds. The van der Waals surface area contributed by atoms with Crippen LogP contribution in [0, 0.1) is 0 Å². The van der Waals surface area contributed by atoms with Crippen LogP contribution in [0.15, 0.2) is 72.1 Å². The van der Waals surface area contributed by atoms with E-state index >= 15 is 0 Å². The second kappa shape index (κ2) is 9.72. The second-order valence-electron chi connectivity index (χ2n) is 8.93. The molecule has 4 heterocycles. The van der Waals surface area contributed by atoms with Crippen LogP contribution in [0.5, 0.6) is 0 Å². The molecule has 2 saturated heterocycles. The standard InChI is InChI=1S/C25H22N8O5/c26-24-29-20(31-32-27)17-21(30-24)33(14-28-17)22-18-19(35-11-15-7-3-1-4-8-15)25(38-22,12-36-18)13-37-23(34)16-9-5-2-6-10-16/h1-10,14,18-19,22H,11-13H2,(H2,26,29,30)/t18-,19+,22-,25-/m1/s1. The lowest BCUT2D eigenvalue weighted by Gasteiger charge is -2.31. The number of imidazole rings is 1. The fraction of sp³-hybridized carbons (Fsp3) is 0.280. The Balaban J connectivity index is 1.32. The van der Waals surface area contributed by atoms with Crippen molar-refractivity contribution >= 4 is 28.9 Å². The van der Waals surface area contributed by atoms with Gasteiger partial charge in [-0.1, -0.05) is 48.5 Å². The summed E-state index contributed by atoms with van der Waals surface area (Å²) in [5.41, 5.74) is 15.6. The Labute approximate surface area is 215 Å². The fourth-order valence-corrected chi connectivity index (χ4v) is 4.79. The number of rotatable bonds is 8. The Hall–Kier alpha value is -4.55. The van der Waals surface area contributed by atoms with Gasteiger partial charge < -0.3 is 24.7 Å². The van der Waals surface area contributed by atoms with E-state index in [0.717, 1.165) is 5.56 Å². The summed E-state index contributed by atoms with van der Waals surface area (Å²) in [4.78, 5) is 28.1. The number of nitrogens with zero attached hydrogens (tertiary/aromatic N) is 7. The first-order valence-electron chi connectivity index (χ1n) is 11.8. The minimum absolute atomic E-state index is 0.00112. The van der Waals surface area contributed by atoms with Crippen molar-refractivity contribution in [1.29, 1.82) is 0 Å². The number of ether oxygens (including phenoxy) is 4. The highest BCUT2D eigenvalue weighted by Crippen LogP contribution is 2.48. The van der Waals surface area contributed by atoms with Gasteiger partial charge in [-0.15, -0.1) is 0 Å². The van der Waals surface area contributed by atoms with Gasteiger partial charge in [0.25, 0.3) is 0 Å². The number of esters is 1. The minimum atomic E-state index is -1.09. The molecular weight excluding hydrogens is 492 g/mol. The molecule has 2 aliphatic rings. The molecule has 2 bridgehead atoms. The second-order valence-corrected chi connectivity index (χ2v) is 8.93. The Kier molecular flexibility index (Phi) is 6.10. The van der Waals surface area contributed by atoms with E-state index < -0.39 is 30.0 Å². The van der Waals surface area contributed by atoms with Gasteiger partial charge in [0.15, 0.2) is 23.3 Å². The first-order chi connectivity index (χ1) is 18.6. The van der Waals surface area contributed by atoms with Crippen LogP contribution < -0.4 is 5.73 Å². The third-order valence-corrected chi connectivity index (χ3v) is 6.54. The summed E-state index contributed by atoms with van der Waals surface area (Å²) in [5, 5.41) is 3.57. The van der Waals surface area contributed by atoms with E-state index in [9.17, 15) is 4.79 Å². The maximum absolute atomic E-state index is 12.7. The van der Waals surface area contributed by atoms with Gasteiger partial charge in [0, 0.05) is 4.91 Å². The molecule has 0 aliphatic carbocycles. The molecule has 4 atom stereocenters. The Bertz CT molecular complexity index is 1530. The van der Waals surface area contributed by atoms with E-state index in [4.69, 9.17) is 30.2 Å². The largest absolute Gasteiger partial charge is 0.459 e. The van der Waals surface area contributed by atoms with E-state index in [2.05, 4.69) is 25.0 Å². The predicted molar refractivity (Wildman–Crippen MR) is 133 cm³/mol. The van der Waals surface area contributed by atoms with Gasteiger partial charge in [-0.3, -0.25) is 4.57 Å². The molecular formula is C25H22N8O5. The van der Waals surface area contributed by atoms with Crippen molar-refractivity contribution in [3.63, 3.8) is 0 Å². The van der Waals surface area contributed by atoms with Crippen LogP contribution in [-0.2, 0) is 25.6 Å². The maximum Gasteiger partial charge on any atom is 0.338 e. The Morgan fingerprint density at radius 3 is 2.71 bits per heavy atom. The number of benzene rings is 2. The zero-order chi connectivity index (χ0) is 26.1. The van der Waals surface area contributed by atoms with Crippen LogP contribution in [0.4, 0.5) is 11.8 Å². The summed E-state index contributed by atoms with van der Waals surface area (Å²) >= 11 is 0. The quantitative estimate of drug-likeness (QED) is 0.160. The zero-order valence-electron chi connectivity index (χ0n) is 20.0. The van der Waals surface area contributed by atoms with Gasteiger partial charge in [0.2, 0.25) is 5.95 Å². The summed E-state index contributed by atoms with van der Waals surface area (Å²) in [6.45, 7) is 0.362. The molecule has 38 heavy (non-hydrogen) atoms. The van der Waals surface area contributed by atoms with Crippen molar-refractivity contribution in [2.45, 2.75) is 30.6 Å². The molecule has 2 fully saturated rings. The van der Waals surface area contributed by atoms with Crippen LogP contribution in [-0.4, -0.2) is 56.5 Å². The number of carbonyl (C=O) groups excluding carboxylic acids is 1. The van der Waals surface area contributed by atoms with Crippen molar-refractivity contribution in [2.24, 2.45) is 5.11 Å². The Morgan fingerprint density at radius 2 is 1.95 bits per heavy atom. The molecule has 13 nitrogen and oxygen atoms in total. The molecule has 13 heteroatoms. The molecule has 192 valence electrons. The smallest absolute Gasteiger partial charge is 0.338 e. The van der Waals surface area contributed by atoms with Crippen molar-refractivity contribution < 1.29 is 23.7 Å². The van der Waals surface area contributed by atoms with E-state index in [1.54, 1.807) is 28.8 Å².